The maximum Gasteiger partial charge on any atom is 0.415 e. The molecule has 1 saturated heterocycles. The Kier molecular flexibility index (Phi) is 3.83. The molecule has 0 saturated carbocycles. The fraction of sp³-hybridized carbons (Fsp3) is 0.357. The number of amides is 2. The van der Waals surface area contributed by atoms with E-state index in [0.29, 0.717) is 23.9 Å². The fourth-order valence-corrected chi connectivity index (χ4v) is 3.02. The normalized spacial score (nSPS) is 20.8. The third-order valence-electron chi connectivity index (χ3n) is 3.30. The van der Waals surface area contributed by atoms with E-state index >= 15 is 0 Å². The van der Waals surface area contributed by atoms with E-state index in [-0.39, 0.29) is 12.0 Å². The number of ether oxygens (including phenoxy) is 1. The first kappa shape index (κ1) is 13.9. The van der Waals surface area contributed by atoms with Crippen molar-refractivity contribution < 1.29 is 14.3 Å². The summed E-state index contributed by atoms with van der Waals surface area (Å²) in [7, 11) is 0. The summed E-state index contributed by atoms with van der Waals surface area (Å²) in [6.45, 7) is 4.14. The first-order valence-corrected chi connectivity index (χ1v) is 7.68. The van der Waals surface area contributed by atoms with Gasteiger partial charge in [0, 0.05) is 0 Å². The topological polar surface area (TPSA) is 71.5 Å². The van der Waals surface area contributed by atoms with Crippen molar-refractivity contribution in [2.24, 2.45) is 0 Å². The molecule has 1 N–H and O–H groups in total. The van der Waals surface area contributed by atoms with Crippen LogP contribution in [0.3, 0.4) is 0 Å². The van der Waals surface area contributed by atoms with E-state index in [9.17, 15) is 9.59 Å². The number of anilines is 2. The van der Waals surface area contributed by atoms with Crippen LogP contribution in [0.5, 0.6) is 0 Å². The molecule has 1 aromatic heterocycles. The Bertz CT molecular complexity index is 605. The van der Waals surface area contributed by atoms with E-state index in [1.807, 2.05) is 6.07 Å². The molecule has 0 bridgehead atoms. The Morgan fingerprint density at radius 2 is 2.38 bits per heavy atom. The molecule has 6 nitrogen and oxygen atoms in total. The lowest BCUT2D eigenvalue weighted by atomic mass is 10.2. The van der Waals surface area contributed by atoms with Crippen LogP contribution in [-0.2, 0) is 9.53 Å². The van der Waals surface area contributed by atoms with Gasteiger partial charge in [0.05, 0.1) is 17.2 Å². The number of pyridine rings is 1. The number of nitrogens with zero attached hydrogens (tertiary/aromatic N) is 2. The lowest BCUT2D eigenvalue weighted by Gasteiger charge is -2.18. The largest absolute Gasteiger partial charge is 0.444 e. The van der Waals surface area contributed by atoms with Crippen LogP contribution in [0.4, 0.5) is 16.4 Å². The molecule has 110 valence electrons. The molecule has 0 radical (unpaired) electrons. The predicted molar refractivity (Wildman–Crippen MR) is 80.6 cm³/mol. The smallest absolute Gasteiger partial charge is 0.415 e. The second kappa shape index (κ2) is 5.77. The van der Waals surface area contributed by atoms with Gasteiger partial charge in [-0.1, -0.05) is 6.08 Å². The highest BCUT2D eigenvalue weighted by atomic mass is 32.2. The molecule has 2 aliphatic heterocycles. The molecule has 2 aliphatic rings. The van der Waals surface area contributed by atoms with Crippen molar-refractivity contribution in [3.05, 3.63) is 24.8 Å². The zero-order valence-electron chi connectivity index (χ0n) is 11.4. The number of rotatable bonds is 4. The van der Waals surface area contributed by atoms with Crippen molar-refractivity contribution in [2.75, 3.05) is 22.5 Å². The molecule has 7 heteroatoms. The number of hydrogen-bond acceptors (Lipinski definition) is 5. The SMILES string of the molecule is C=CCCC1CN(c2ccc3c(n2)NC(=O)CS3)C(=O)O1. The second-order valence-corrected chi connectivity index (χ2v) is 5.85. The van der Waals surface area contributed by atoms with Gasteiger partial charge >= 0.3 is 6.09 Å². The van der Waals surface area contributed by atoms with E-state index in [1.54, 1.807) is 12.1 Å². The van der Waals surface area contributed by atoms with E-state index < -0.39 is 6.09 Å². The first-order valence-electron chi connectivity index (χ1n) is 6.70. The summed E-state index contributed by atoms with van der Waals surface area (Å²) in [6.07, 6.45) is 2.82. The standard InChI is InChI=1S/C14H15N3O3S/c1-2-3-4-9-7-17(14(19)20-9)11-6-5-10-13(15-11)16-12(18)8-21-10/h2,5-6,9H,1,3-4,7-8H2,(H,15,16,18). The Morgan fingerprint density at radius 1 is 1.52 bits per heavy atom. The molecule has 0 aromatic carbocycles. The van der Waals surface area contributed by atoms with Crippen LogP contribution < -0.4 is 10.2 Å². The zero-order valence-corrected chi connectivity index (χ0v) is 12.2. The van der Waals surface area contributed by atoms with Crippen LogP contribution in [-0.4, -0.2) is 35.4 Å². The molecule has 0 aliphatic carbocycles. The highest BCUT2D eigenvalue weighted by Gasteiger charge is 2.33. The molecular formula is C14H15N3O3S. The minimum Gasteiger partial charge on any atom is -0.444 e. The lowest BCUT2D eigenvalue weighted by molar-refractivity contribution is -0.113. The van der Waals surface area contributed by atoms with Crippen LogP contribution in [0.2, 0.25) is 0 Å². The van der Waals surface area contributed by atoms with Crippen molar-refractivity contribution in [3.8, 4) is 0 Å². The van der Waals surface area contributed by atoms with Crippen LogP contribution in [0, 0.1) is 0 Å². The molecule has 21 heavy (non-hydrogen) atoms. The lowest BCUT2D eigenvalue weighted by Crippen LogP contribution is -2.27. The Morgan fingerprint density at radius 3 is 3.19 bits per heavy atom. The number of aromatic nitrogens is 1. The van der Waals surface area contributed by atoms with Gasteiger partial charge in [-0.25, -0.2) is 9.78 Å². The van der Waals surface area contributed by atoms with Crippen molar-refractivity contribution in [1.82, 2.24) is 4.98 Å². The van der Waals surface area contributed by atoms with Gasteiger partial charge < -0.3 is 10.1 Å². The van der Waals surface area contributed by atoms with E-state index in [0.717, 1.165) is 17.7 Å². The third-order valence-corrected chi connectivity index (χ3v) is 4.35. The summed E-state index contributed by atoms with van der Waals surface area (Å²) < 4.78 is 5.30. The Balaban J connectivity index is 1.78. The highest BCUT2D eigenvalue weighted by Crippen LogP contribution is 2.32. The van der Waals surface area contributed by atoms with Gasteiger partial charge in [-0.05, 0) is 25.0 Å². The number of hydrogen-bond donors (Lipinski definition) is 1. The van der Waals surface area contributed by atoms with E-state index in [1.165, 1.54) is 16.7 Å². The van der Waals surface area contributed by atoms with Crippen LogP contribution >= 0.6 is 11.8 Å². The third kappa shape index (κ3) is 2.87. The molecule has 3 heterocycles. The number of carbonyl (C=O) groups excluding carboxylic acids is 2. The summed E-state index contributed by atoms with van der Waals surface area (Å²) in [6, 6.07) is 3.65. The maximum atomic E-state index is 11.9. The number of allylic oxidation sites excluding steroid dienone is 1. The maximum absolute atomic E-state index is 11.9. The molecule has 0 spiro atoms. The van der Waals surface area contributed by atoms with Crippen LogP contribution in [0.15, 0.2) is 29.7 Å². The number of nitrogens with one attached hydrogen (secondary N) is 1. The van der Waals surface area contributed by atoms with Crippen molar-refractivity contribution in [3.63, 3.8) is 0 Å². The van der Waals surface area contributed by atoms with Gasteiger partial charge in [-0.2, -0.15) is 0 Å². The van der Waals surface area contributed by atoms with Gasteiger partial charge in [0.2, 0.25) is 5.91 Å². The minimum atomic E-state index is -0.397. The highest BCUT2D eigenvalue weighted by molar-refractivity contribution is 8.00. The van der Waals surface area contributed by atoms with Crippen LogP contribution in [0.25, 0.3) is 0 Å². The molecule has 2 amide bonds. The summed E-state index contributed by atoms with van der Waals surface area (Å²) >= 11 is 1.44. The van der Waals surface area contributed by atoms with E-state index in [2.05, 4.69) is 16.9 Å². The minimum absolute atomic E-state index is 0.0787. The van der Waals surface area contributed by atoms with Crippen molar-refractivity contribution in [1.29, 1.82) is 0 Å². The van der Waals surface area contributed by atoms with Crippen LogP contribution in [0.1, 0.15) is 12.8 Å². The molecule has 1 aromatic rings. The van der Waals surface area contributed by atoms with Gasteiger partial charge in [0.1, 0.15) is 17.7 Å². The predicted octanol–water partition coefficient (Wildman–Crippen LogP) is 2.42. The Labute approximate surface area is 126 Å². The average molecular weight is 305 g/mol. The van der Waals surface area contributed by atoms with Gasteiger partial charge in [0.15, 0.2) is 0 Å². The Hall–Kier alpha value is -2.02. The quantitative estimate of drug-likeness (QED) is 0.865. The second-order valence-electron chi connectivity index (χ2n) is 4.84. The number of fused-ring (bicyclic) bond motifs is 1. The number of carbonyl (C=O) groups is 2. The summed E-state index contributed by atoms with van der Waals surface area (Å²) in [5.41, 5.74) is 0. The molecule has 1 atom stereocenters. The summed E-state index contributed by atoms with van der Waals surface area (Å²) in [5.74, 6) is 1.33. The first-order chi connectivity index (χ1) is 10.2. The van der Waals surface area contributed by atoms with Gasteiger partial charge in [0.25, 0.3) is 0 Å². The molecule has 1 fully saturated rings. The summed E-state index contributed by atoms with van der Waals surface area (Å²) in [4.78, 5) is 30.1. The van der Waals surface area contributed by atoms with Crippen molar-refractivity contribution in [2.45, 2.75) is 23.8 Å². The van der Waals surface area contributed by atoms with Crippen molar-refractivity contribution >= 4 is 35.4 Å². The number of cyclic esters (lactones) is 1. The van der Waals surface area contributed by atoms with Gasteiger partial charge in [-0.15, -0.1) is 18.3 Å². The molecule has 1 unspecified atom stereocenters. The average Bonchev–Trinajstić information content (AvgIpc) is 2.85. The molecular weight excluding hydrogens is 290 g/mol. The summed E-state index contributed by atoms with van der Waals surface area (Å²) in [5, 5.41) is 2.72. The van der Waals surface area contributed by atoms with Gasteiger partial charge in [-0.3, -0.25) is 9.69 Å². The fourth-order valence-electron chi connectivity index (χ4n) is 2.27. The van der Waals surface area contributed by atoms with E-state index in [4.69, 9.17) is 4.74 Å². The number of thioether (sulfide) groups is 1. The zero-order chi connectivity index (χ0) is 14.8. The monoisotopic (exact) mass is 305 g/mol. The molecule has 3 rings (SSSR count).